The van der Waals surface area contributed by atoms with Crippen molar-refractivity contribution in [1.82, 2.24) is 4.90 Å². The van der Waals surface area contributed by atoms with Crippen molar-refractivity contribution in [2.75, 3.05) is 12.1 Å². The van der Waals surface area contributed by atoms with Crippen LogP contribution in [-0.2, 0) is 9.59 Å². The highest BCUT2D eigenvalue weighted by atomic mass is 16.2. The Bertz CT molecular complexity index is 513. The summed E-state index contributed by atoms with van der Waals surface area (Å²) in [5.41, 5.74) is 0.764. The van der Waals surface area contributed by atoms with Crippen LogP contribution in [0.4, 0.5) is 5.69 Å². The summed E-state index contributed by atoms with van der Waals surface area (Å²) >= 11 is 0. The van der Waals surface area contributed by atoms with E-state index >= 15 is 0 Å². The van der Waals surface area contributed by atoms with E-state index in [0.717, 1.165) is 10.6 Å². The number of imide groups is 1. The predicted molar refractivity (Wildman–Crippen MR) is 59.1 cm³/mol. The molecule has 86 valence electrons. The van der Waals surface area contributed by atoms with Crippen LogP contribution in [0.1, 0.15) is 0 Å². The third-order valence-corrected chi connectivity index (χ3v) is 3.02. The molecule has 2 aliphatic rings. The Morgan fingerprint density at radius 1 is 1.12 bits per heavy atom. The quantitative estimate of drug-likeness (QED) is 0.664. The van der Waals surface area contributed by atoms with Gasteiger partial charge in [0.05, 0.1) is 5.69 Å². The SMILES string of the molecule is CN1C(=O)C2N=NN(c3ccccc3)C2C1=O. The van der Waals surface area contributed by atoms with Crippen molar-refractivity contribution < 1.29 is 9.59 Å². The third kappa shape index (κ3) is 1.27. The first-order chi connectivity index (χ1) is 8.20. The summed E-state index contributed by atoms with van der Waals surface area (Å²) in [6, 6.07) is 7.94. The Morgan fingerprint density at radius 3 is 2.53 bits per heavy atom. The van der Waals surface area contributed by atoms with E-state index in [-0.39, 0.29) is 11.8 Å². The van der Waals surface area contributed by atoms with Crippen LogP contribution in [0.5, 0.6) is 0 Å². The number of carbonyl (C=O) groups is 2. The molecule has 0 spiro atoms. The lowest BCUT2D eigenvalue weighted by atomic mass is 10.1. The average Bonchev–Trinajstić information content (AvgIpc) is 2.88. The van der Waals surface area contributed by atoms with Gasteiger partial charge in [-0.25, -0.2) is 5.01 Å². The fourth-order valence-electron chi connectivity index (χ4n) is 2.09. The first-order valence-corrected chi connectivity index (χ1v) is 5.26. The molecule has 0 aromatic heterocycles. The zero-order chi connectivity index (χ0) is 12.0. The first-order valence-electron chi connectivity index (χ1n) is 5.26. The van der Waals surface area contributed by atoms with E-state index in [0.29, 0.717) is 0 Å². The molecule has 1 saturated heterocycles. The summed E-state index contributed by atoms with van der Waals surface area (Å²) in [7, 11) is 1.47. The largest absolute Gasteiger partial charge is 0.282 e. The van der Waals surface area contributed by atoms with Crippen LogP contribution in [0.15, 0.2) is 40.7 Å². The van der Waals surface area contributed by atoms with Crippen molar-refractivity contribution >= 4 is 17.5 Å². The topological polar surface area (TPSA) is 65.3 Å². The zero-order valence-electron chi connectivity index (χ0n) is 9.15. The summed E-state index contributed by atoms with van der Waals surface area (Å²) in [5.74, 6) is -0.545. The number of anilines is 1. The molecule has 0 bridgehead atoms. The molecular formula is C11H10N4O2. The minimum absolute atomic E-state index is 0.256. The van der Waals surface area contributed by atoms with Crippen molar-refractivity contribution in [3.63, 3.8) is 0 Å². The minimum Gasteiger partial charge on any atom is -0.282 e. The van der Waals surface area contributed by atoms with Crippen molar-refractivity contribution in [3.8, 4) is 0 Å². The number of carbonyl (C=O) groups excluding carboxylic acids is 2. The molecule has 6 heteroatoms. The van der Waals surface area contributed by atoms with E-state index in [1.807, 2.05) is 30.3 Å². The number of hydrogen-bond donors (Lipinski definition) is 0. The number of amides is 2. The lowest BCUT2D eigenvalue weighted by Gasteiger charge is -2.18. The summed E-state index contributed by atoms with van der Waals surface area (Å²) in [5, 5.41) is 9.30. The Balaban J connectivity index is 1.99. The van der Waals surface area contributed by atoms with Gasteiger partial charge in [0.15, 0.2) is 12.1 Å². The maximum atomic E-state index is 11.9. The third-order valence-electron chi connectivity index (χ3n) is 3.02. The molecule has 3 rings (SSSR count). The van der Waals surface area contributed by atoms with Crippen LogP contribution in [0.2, 0.25) is 0 Å². The second-order valence-corrected chi connectivity index (χ2v) is 4.01. The minimum atomic E-state index is -0.687. The smallest absolute Gasteiger partial charge is 0.258 e. The van der Waals surface area contributed by atoms with E-state index in [9.17, 15) is 9.59 Å². The van der Waals surface area contributed by atoms with E-state index in [1.54, 1.807) is 0 Å². The highest BCUT2D eigenvalue weighted by Crippen LogP contribution is 2.31. The molecule has 0 radical (unpaired) electrons. The van der Waals surface area contributed by atoms with Gasteiger partial charge in [0.2, 0.25) is 0 Å². The lowest BCUT2D eigenvalue weighted by molar-refractivity contribution is -0.137. The van der Waals surface area contributed by atoms with Gasteiger partial charge in [-0.3, -0.25) is 14.5 Å². The van der Waals surface area contributed by atoms with Crippen LogP contribution in [0, 0.1) is 0 Å². The molecule has 17 heavy (non-hydrogen) atoms. The number of hydrogen-bond acceptors (Lipinski definition) is 5. The average molecular weight is 230 g/mol. The maximum Gasteiger partial charge on any atom is 0.258 e. The highest BCUT2D eigenvalue weighted by Gasteiger charge is 2.53. The number of nitrogens with zero attached hydrogens (tertiary/aromatic N) is 4. The molecule has 6 nitrogen and oxygen atoms in total. The standard InChI is InChI=1S/C11H10N4O2/c1-14-10(16)8-9(11(14)17)15(13-12-8)7-5-3-2-4-6-7/h2-6,8-9H,1H3. The number of fused-ring (bicyclic) bond motifs is 1. The van der Waals surface area contributed by atoms with E-state index < -0.39 is 12.1 Å². The lowest BCUT2D eigenvalue weighted by Crippen LogP contribution is -2.38. The Hall–Kier alpha value is -2.24. The molecule has 1 aromatic carbocycles. The fraction of sp³-hybridized carbons (Fsp3) is 0.273. The highest BCUT2D eigenvalue weighted by molar-refractivity contribution is 6.10. The van der Waals surface area contributed by atoms with Gasteiger partial charge in [0.25, 0.3) is 11.8 Å². The molecule has 2 heterocycles. The van der Waals surface area contributed by atoms with E-state index in [1.165, 1.54) is 12.1 Å². The molecule has 1 fully saturated rings. The monoisotopic (exact) mass is 230 g/mol. The molecule has 2 unspecified atom stereocenters. The molecule has 2 amide bonds. The molecule has 2 aliphatic heterocycles. The van der Waals surface area contributed by atoms with Gasteiger partial charge in [0, 0.05) is 7.05 Å². The predicted octanol–water partition coefficient (Wildman–Crippen LogP) is 0.610. The number of likely N-dealkylation sites (N-methyl/N-ethyl adjacent to an activating group) is 1. The number of benzene rings is 1. The van der Waals surface area contributed by atoms with Crippen LogP contribution in [-0.4, -0.2) is 35.8 Å². The Labute approximate surface area is 97.5 Å². The molecule has 0 saturated carbocycles. The van der Waals surface area contributed by atoms with E-state index in [2.05, 4.69) is 10.3 Å². The molecule has 0 aliphatic carbocycles. The summed E-state index contributed by atoms with van der Waals surface area (Å²) in [6.07, 6.45) is 0. The van der Waals surface area contributed by atoms with Crippen LogP contribution in [0.25, 0.3) is 0 Å². The second-order valence-electron chi connectivity index (χ2n) is 4.01. The number of rotatable bonds is 1. The molecule has 2 atom stereocenters. The van der Waals surface area contributed by atoms with Crippen LogP contribution >= 0.6 is 0 Å². The van der Waals surface area contributed by atoms with Crippen molar-refractivity contribution in [3.05, 3.63) is 30.3 Å². The van der Waals surface area contributed by atoms with Crippen LogP contribution < -0.4 is 5.01 Å². The van der Waals surface area contributed by atoms with Crippen molar-refractivity contribution in [1.29, 1.82) is 0 Å². The molecular weight excluding hydrogens is 220 g/mol. The van der Waals surface area contributed by atoms with Gasteiger partial charge in [0.1, 0.15) is 0 Å². The molecule has 0 N–H and O–H groups in total. The van der Waals surface area contributed by atoms with Gasteiger partial charge in [-0.1, -0.05) is 23.4 Å². The number of para-hydroxylation sites is 1. The van der Waals surface area contributed by atoms with Gasteiger partial charge < -0.3 is 0 Å². The molecule has 1 aromatic rings. The zero-order valence-corrected chi connectivity index (χ0v) is 9.15. The Morgan fingerprint density at radius 2 is 1.82 bits per heavy atom. The summed E-state index contributed by atoms with van der Waals surface area (Å²) in [4.78, 5) is 24.7. The Kier molecular flexibility index (Phi) is 1.98. The summed E-state index contributed by atoms with van der Waals surface area (Å²) in [6.45, 7) is 0. The van der Waals surface area contributed by atoms with Gasteiger partial charge >= 0.3 is 0 Å². The van der Waals surface area contributed by atoms with Crippen LogP contribution in [0.3, 0.4) is 0 Å². The normalized spacial score (nSPS) is 26.9. The second kappa shape index (κ2) is 3.38. The number of likely N-dealkylation sites (tertiary alicyclic amines) is 1. The fourth-order valence-corrected chi connectivity index (χ4v) is 2.09. The van der Waals surface area contributed by atoms with Crippen molar-refractivity contribution in [2.24, 2.45) is 10.3 Å². The van der Waals surface area contributed by atoms with Gasteiger partial charge in [-0.15, -0.1) is 0 Å². The summed E-state index contributed by atoms with van der Waals surface area (Å²) < 4.78 is 0. The van der Waals surface area contributed by atoms with Gasteiger partial charge in [-0.05, 0) is 12.1 Å². The van der Waals surface area contributed by atoms with Crippen molar-refractivity contribution in [2.45, 2.75) is 12.1 Å². The van der Waals surface area contributed by atoms with Gasteiger partial charge in [-0.2, -0.15) is 5.11 Å². The first kappa shape index (κ1) is 9.95. The maximum absolute atomic E-state index is 11.9. The van der Waals surface area contributed by atoms with E-state index in [4.69, 9.17) is 0 Å².